The van der Waals surface area contributed by atoms with Gasteiger partial charge in [-0.3, -0.25) is 9.59 Å². The summed E-state index contributed by atoms with van der Waals surface area (Å²) in [4.78, 5) is 28.5. The fourth-order valence-electron chi connectivity index (χ4n) is 9.13. The molecule has 196 valence electrons. The topological polar surface area (TPSA) is 76.1 Å². The van der Waals surface area contributed by atoms with Crippen LogP contribution < -0.4 is 0 Å². The van der Waals surface area contributed by atoms with Gasteiger partial charge in [0.15, 0.2) is 5.78 Å². The standard InChI is InChI=1S/C29H45NO5/c1-19(30(26(32)18-34-4)17-20-8-7-15-35-20)21-11-14-29(33)24-16-25(31)23-9-5-6-12-27(23,2)22(24)10-13-28(21,29)3/h16,19-23,33H,5-15,17-18H2,1-4H3/t19?,20?,21?,22?,23?,27?,28?,29-/m1/s1. The van der Waals surface area contributed by atoms with Gasteiger partial charge in [0, 0.05) is 37.6 Å². The summed E-state index contributed by atoms with van der Waals surface area (Å²) in [6, 6.07) is -0.0321. The number of rotatable bonds is 6. The van der Waals surface area contributed by atoms with Crippen LogP contribution in [0.1, 0.15) is 85.0 Å². The minimum Gasteiger partial charge on any atom is -0.385 e. The monoisotopic (exact) mass is 487 g/mol. The third kappa shape index (κ3) is 3.85. The molecule has 0 aromatic heterocycles. The van der Waals surface area contributed by atoms with Crippen LogP contribution in [-0.4, -0.2) is 66.3 Å². The second-order valence-corrected chi connectivity index (χ2v) is 12.7. The quantitative estimate of drug-likeness (QED) is 0.605. The molecule has 1 heterocycles. The first-order chi connectivity index (χ1) is 16.7. The molecule has 0 bridgehead atoms. The van der Waals surface area contributed by atoms with E-state index in [1.165, 1.54) is 6.42 Å². The Kier molecular flexibility index (Phi) is 6.72. The number of ketones is 1. The molecular weight excluding hydrogens is 442 g/mol. The molecule has 1 aliphatic heterocycles. The molecule has 4 fully saturated rings. The first kappa shape index (κ1) is 25.4. The molecule has 1 N–H and O–H groups in total. The molecule has 0 aromatic rings. The Morgan fingerprint density at radius 1 is 1.14 bits per heavy atom. The number of methoxy groups -OCH3 is 1. The van der Waals surface area contributed by atoms with Crippen molar-refractivity contribution in [1.29, 1.82) is 0 Å². The van der Waals surface area contributed by atoms with Crippen molar-refractivity contribution in [2.75, 3.05) is 26.9 Å². The zero-order valence-corrected chi connectivity index (χ0v) is 22.2. The van der Waals surface area contributed by atoms with E-state index in [1.54, 1.807) is 7.11 Å². The summed E-state index contributed by atoms with van der Waals surface area (Å²) >= 11 is 0. The lowest BCUT2D eigenvalue weighted by molar-refractivity contribution is -0.146. The van der Waals surface area contributed by atoms with Crippen LogP contribution in [-0.2, 0) is 19.1 Å². The highest BCUT2D eigenvalue weighted by Gasteiger charge is 2.66. The maximum absolute atomic E-state index is 13.3. The van der Waals surface area contributed by atoms with Gasteiger partial charge in [0.05, 0.1) is 11.7 Å². The summed E-state index contributed by atoms with van der Waals surface area (Å²) in [7, 11) is 1.56. The van der Waals surface area contributed by atoms with E-state index < -0.39 is 5.60 Å². The van der Waals surface area contributed by atoms with Crippen molar-refractivity contribution >= 4 is 11.7 Å². The molecule has 5 rings (SSSR count). The van der Waals surface area contributed by atoms with Gasteiger partial charge in [0.2, 0.25) is 5.91 Å². The number of hydrogen-bond acceptors (Lipinski definition) is 5. The first-order valence-corrected chi connectivity index (χ1v) is 14.0. The Labute approximate surface area is 210 Å². The van der Waals surface area contributed by atoms with Gasteiger partial charge in [-0.05, 0) is 87.2 Å². The molecule has 5 aliphatic rings. The fourth-order valence-corrected chi connectivity index (χ4v) is 9.13. The highest BCUT2D eigenvalue weighted by molar-refractivity contribution is 5.95. The molecule has 0 aromatic carbocycles. The van der Waals surface area contributed by atoms with Crippen LogP contribution in [0.3, 0.4) is 0 Å². The third-order valence-corrected chi connectivity index (χ3v) is 11.2. The average Bonchev–Trinajstić information content (AvgIpc) is 3.43. The van der Waals surface area contributed by atoms with Crippen molar-refractivity contribution in [1.82, 2.24) is 4.90 Å². The normalized spacial score (nSPS) is 43.7. The molecule has 0 radical (unpaired) electrons. The smallest absolute Gasteiger partial charge is 0.248 e. The van der Waals surface area contributed by atoms with Crippen LogP contribution in [0.25, 0.3) is 0 Å². The van der Waals surface area contributed by atoms with Crippen molar-refractivity contribution in [3.05, 3.63) is 11.6 Å². The van der Waals surface area contributed by atoms with Crippen molar-refractivity contribution in [2.24, 2.45) is 28.6 Å². The maximum Gasteiger partial charge on any atom is 0.248 e. The molecule has 8 atom stereocenters. The molecule has 6 heteroatoms. The second-order valence-electron chi connectivity index (χ2n) is 12.7. The first-order valence-electron chi connectivity index (χ1n) is 14.0. The number of hydrogen-bond donors (Lipinski definition) is 1. The zero-order chi connectivity index (χ0) is 25.0. The Morgan fingerprint density at radius 3 is 2.66 bits per heavy atom. The fraction of sp³-hybridized carbons (Fsp3) is 0.862. The highest BCUT2D eigenvalue weighted by Crippen LogP contribution is 2.67. The lowest BCUT2D eigenvalue weighted by Gasteiger charge is -2.59. The summed E-state index contributed by atoms with van der Waals surface area (Å²) in [5, 5.41) is 12.4. The van der Waals surface area contributed by atoms with Crippen molar-refractivity contribution in [2.45, 2.75) is 103 Å². The minimum absolute atomic E-state index is 0.00663. The van der Waals surface area contributed by atoms with Crippen molar-refractivity contribution < 1.29 is 24.2 Å². The van der Waals surface area contributed by atoms with E-state index in [0.29, 0.717) is 13.0 Å². The van der Waals surface area contributed by atoms with Crippen molar-refractivity contribution in [3.63, 3.8) is 0 Å². The molecule has 4 aliphatic carbocycles. The molecular formula is C29H45NO5. The largest absolute Gasteiger partial charge is 0.385 e. The highest BCUT2D eigenvalue weighted by atomic mass is 16.5. The van der Waals surface area contributed by atoms with E-state index in [1.807, 2.05) is 11.0 Å². The number of nitrogens with zero attached hydrogens (tertiary/aromatic N) is 1. The van der Waals surface area contributed by atoms with Crippen LogP contribution in [0.15, 0.2) is 11.6 Å². The van der Waals surface area contributed by atoms with E-state index in [-0.39, 0.29) is 59.0 Å². The van der Waals surface area contributed by atoms with Gasteiger partial charge >= 0.3 is 0 Å². The number of carbonyl (C=O) groups is 2. The van der Waals surface area contributed by atoms with Gasteiger partial charge in [-0.2, -0.15) is 0 Å². The maximum atomic E-state index is 13.3. The van der Waals surface area contributed by atoms with E-state index in [4.69, 9.17) is 9.47 Å². The molecule has 35 heavy (non-hydrogen) atoms. The van der Waals surface area contributed by atoms with Gasteiger partial charge in [-0.25, -0.2) is 0 Å². The predicted octanol–water partition coefficient (Wildman–Crippen LogP) is 4.29. The lowest BCUT2D eigenvalue weighted by Crippen LogP contribution is -2.60. The predicted molar refractivity (Wildman–Crippen MR) is 134 cm³/mol. The van der Waals surface area contributed by atoms with Gasteiger partial charge < -0.3 is 19.5 Å². The molecule has 0 spiro atoms. The molecule has 1 saturated heterocycles. The zero-order valence-electron chi connectivity index (χ0n) is 22.2. The Bertz CT molecular complexity index is 880. The van der Waals surface area contributed by atoms with Crippen LogP contribution in [0, 0.1) is 28.6 Å². The number of ether oxygens (including phenoxy) is 2. The van der Waals surface area contributed by atoms with E-state index >= 15 is 0 Å². The summed E-state index contributed by atoms with van der Waals surface area (Å²) < 4.78 is 11.1. The number of aliphatic hydroxyl groups is 1. The lowest BCUT2D eigenvalue weighted by atomic mass is 9.46. The minimum atomic E-state index is -0.976. The van der Waals surface area contributed by atoms with Crippen molar-refractivity contribution in [3.8, 4) is 0 Å². The van der Waals surface area contributed by atoms with E-state index in [2.05, 4.69) is 20.8 Å². The SMILES string of the molecule is COCC(=O)N(CC1CCCO1)C(C)C1CC[C@@]2(O)C3=CC(=O)C4CCCCC4(C)C3CCC12C. The molecule has 1 amide bonds. The average molecular weight is 488 g/mol. The molecule has 6 nitrogen and oxygen atoms in total. The summed E-state index contributed by atoms with van der Waals surface area (Å²) in [5.74, 6) is 0.790. The third-order valence-electron chi connectivity index (χ3n) is 11.2. The summed E-state index contributed by atoms with van der Waals surface area (Å²) in [6.45, 7) is 8.10. The van der Waals surface area contributed by atoms with Gasteiger partial charge in [-0.1, -0.05) is 26.7 Å². The van der Waals surface area contributed by atoms with Gasteiger partial charge in [0.1, 0.15) is 6.61 Å². The van der Waals surface area contributed by atoms with Crippen LogP contribution in [0.5, 0.6) is 0 Å². The number of carbonyl (C=O) groups excluding carboxylic acids is 2. The number of fused-ring (bicyclic) bond motifs is 5. The number of amides is 1. The van der Waals surface area contributed by atoms with Crippen LogP contribution in [0.2, 0.25) is 0 Å². The molecule has 3 saturated carbocycles. The Hall–Kier alpha value is -1.24. The summed E-state index contributed by atoms with van der Waals surface area (Å²) in [6.07, 6.45) is 11.8. The van der Waals surface area contributed by atoms with Crippen LogP contribution >= 0.6 is 0 Å². The van der Waals surface area contributed by atoms with E-state index in [9.17, 15) is 14.7 Å². The number of allylic oxidation sites excluding steroid dienone is 1. The van der Waals surface area contributed by atoms with E-state index in [0.717, 1.165) is 63.5 Å². The van der Waals surface area contributed by atoms with Gasteiger partial charge in [0.25, 0.3) is 0 Å². The molecule has 7 unspecified atom stereocenters. The second kappa shape index (κ2) is 9.25. The van der Waals surface area contributed by atoms with Crippen LogP contribution in [0.4, 0.5) is 0 Å². The Balaban J connectivity index is 1.45. The Morgan fingerprint density at radius 2 is 1.94 bits per heavy atom. The van der Waals surface area contributed by atoms with Gasteiger partial charge in [-0.15, -0.1) is 0 Å². The summed E-state index contributed by atoms with van der Waals surface area (Å²) in [5.41, 5.74) is -0.355.